The van der Waals surface area contributed by atoms with Crippen LogP contribution in [0, 0.1) is 0 Å². The molecule has 0 aliphatic carbocycles. The minimum absolute atomic E-state index is 0.668. The van der Waals surface area contributed by atoms with Gasteiger partial charge in [0, 0.05) is 25.3 Å². The average Bonchev–Trinajstić information content (AvgIpc) is 2.71. The summed E-state index contributed by atoms with van der Waals surface area (Å²) in [6.45, 7) is 3.60. The van der Waals surface area contributed by atoms with Crippen molar-refractivity contribution < 1.29 is 14.2 Å². The van der Waals surface area contributed by atoms with Crippen molar-refractivity contribution in [1.29, 1.82) is 0 Å². The molecule has 0 atom stereocenters. The second-order valence-electron chi connectivity index (χ2n) is 5.94. The quantitative estimate of drug-likeness (QED) is 0.519. The molecule has 6 nitrogen and oxygen atoms in total. The molecule has 0 unspecified atom stereocenters. The maximum Gasteiger partial charge on any atom is 0.195 e. The lowest BCUT2D eigenvalue weighted by molar-refractivity contribution is 0.317. The van der Waals surface area contributed by atoms with Crippen LogP contribution in [0.4, 0.5) is 5.69 Å². The molecule has 27 heavy (non-hydrogen) atoms. The number of rotatable bonds is 9. The summed E-state index contributed by atoms with van der Waals surface area (Å²) in [5, 5.41) is 6.58. The highest BCUT2D eigenvalue weighted by Gasteiger charge is 2.06. The summed E-state index contributed by atoms with van der Waals surface area (Å²) in [6, 6.07) is 13.9. The fourth-order valence-corrected chi connectivity index (χ4v) is 2.57. The Hall–Kier alpha value is -2.89. The van der Waals surface area contributed by atoms with E-state index in [-0.39, 0.29) is 0 Å². The SMILES string of the molecule is CCCOc1cccc(CCNC(=NC)Nc2ccc(OC)c(OC)c2)c1. The average molecular weight is 371 g/mol. The maximum absolute atomic E-state index is 5.69. The van der Waals surface area contributed by atoms with Crippen molar-refractivity contribution in [3.8, 4) is 17.2 Å². The van der Waals surface area contributed by atoms with Gasteiger partial charge in [0.15, 0.2) is 17.5 Å². The molecule has 0 aromatic heterocycles. The molecule has 0 fully saturated rings. The summed E-state index contributed by atoms with van der Waals surface area (Å²) >= 11 is 0. The summed E-state index contributed by atoms with van der Waals surface area (Å²) in [5.41, 5.74) is 2.09. The van der Waals surface area contributed by atoms with Gasteiger partial charge < -0.3 is 24.8 Å². The van der Waals surface area contributed by atoms with Crippen molar-refractivity contribution in [1.82, 2.24) is 5.32 Å². The predicted octanol–water partition coefficient (Wildman–Crippen LogP) is 3.72. The van der Waals surface area contributed by atoms with Crippen LogP contribution in [0.1, 0.15) is 18.9 Å². The van der Waals surface area contributed by atoms with E-state index in [0.29, 0.717) is 17.5 Å². The molecule has 0 saturated heterocycles. The standard InChI is InChI=1S/C21H29N3O3/c1-5-13-27-18-8-6-7-16(14-18)11-12-23-21(22-2)24-17-9-10-19(25-3)20(15-17)26-4/h6-10,14-15H,5,11-13H2,1-4H3,(H2,22,23,24). The van der Waals surface area contributed by atoms with E-state index >= 15 is 0 Å². The van der Waals surface area contributed by atoms with E-state index in [9.17, 15) is 0 Å². The van der Waals surface area contributed by atoms with Gasteiger partial charge in [0.1, 0.15) is 5.75 Å². The number of guanidine groups is 1. The Labute approximate surface area is 161 Å². The molecular weight excluding hydrogens is 342 g/mol. The molecule has 2 aromatic carbocycles. The summed E-state index contributed by atoms with van der Waals surface area (Å²) in [7, 11) is 4.98. The van der Waals surface area contributed by atoms with Gasteiger partial charge in [-0.3, -0.25) is 4.99 Å². The Morgan fingerprint density at radius 2 is 1.85 bits per heavy atom. The zero-order valence-corrected chi connectivity index (χ0v) is 16.5. The second kappa shape index (κ2) is 11.0. The molecule has 0 amide bonds. The molecule has 6 heteroatoms. The Kier molecular flexibility index (Phi) is 8.29. The van der Waals surface area contributed by atoms with E-state index in [2.05, 4.69) is 34.7 Å². The fourth-order valence-electron chi connectivity index (χ4n) is 2.57. The van der Waals surface area contributed by atoms with Crippen molar-refractivity contribution in [3.05, 3.63) is 48.0 Å². The second-order valence-corrected chi connectivity index (χ2v) is 5.94. The molecule has 0 heterocycles. The first-order valence-corrected chi connectivity index (χ1v) is 9.11. The number of hydrogen-bond donors (Lipinski definition) is 2. The highest BCUT2D eigenvalue weighted by Crippen LogP contribution is 2.29. The van der Waals surface area contributed by atoms with Gasteiger partial charge in [0.05, 0.1) is 20.8 Å². The molecule has 0 radical (unpaired) electrons. The largest absolute Gasteiger partial charge is 0.494 e. The molecule has 0 bridgehead atoms. The zero-order chi connectivity index (χ0) is 19.5. The van der Waals surface area contributed by atoms with Crippen molar-refractivity contribution >= 4 is 11.6 Å². The zero-order valence-electron chi connectivity index (χ0n) is 16.5. The number of benzene rings is 2. The van der Waals surface area contributed by atoms with Crippen molar-refractivity contribution in [3.63, 3.8) is 0 Å². The van der Waals surface area contributed by atoms with Crippen LogP contribution >= 0.6 is 0 Å². The Bertz CT molecular complexity index is 747. The molecule has 2 rings (SSSR count). The normalized spacial score (nSPS) is 11.0. The summed E-state index contributed by atoms with van der Waals surface area (Å²) in [6.07, 6.45) is 1.87. The molecule has 0 aliphatic rings. The van der Waals surface area contributed by atoms with Crippen LogP contribution in [0.25, 0.3) is 0 Å². The lowest BCUT2D eigenvalue weighted by Gasteiger charge is -2.14. The first-order valence-electron chi connectivity index (χ1n) is 9.11. The lowest BCUT2D eigenvalue weighted by atomic mass is 10.1. The number of ether oxygens (including phenoxy) is 3. The third kappa shape index (κ3) is 6.40. The highest BCUT2D eigenvalue weighted by molar-refractivity contribution is 5.93. The fraction of sp³-hybridized carbons (Fsp3) is 0.381. The van der Waals surface area contributed by atoms with Gasteiger partial charge in [-0.15, -0.1) is 0 Å². The smallest absolute Gasteiger partial charge is 0.195 e. The van der Waals surface area contributed by atoms with Crippen LogP contribution in [0.3, 0.4) is 0 Å². The van der Waals surface area contributed by atoms with Crippen LogP contribution in [-0.2, 0) is 6.42 Å². The Morgan fingerprint density at radius 3 is 2.56 bits per heavy atom. The van der Waals surface area contributed by atoms with Gasteiger partial charge >= 0.3 is 0 Å². The number of aliphatic imine (C=N–C) groups is 1. The molecule has 0 spiro atoms. The monoisotopic (exact) mass is 371 g/mol. The van der Waals surface area contributed by atoms with Gasteiger partial charge in [0.2, 0.25) is 0 Å². The van der Waals surface area contributed by atoms with E-state index in [4.69, 9.17) is 14.2 Å². The third-order valence-electron chi connectivity index (χ3n) is 3.95. The number of nitrogens with one attached hydrogen (secondary N) is 2. The number of anilines is 1. The van der Waals surface area contributed by atoms with Gasteiger partial charge in [-0.1, -0.05) is 19.1 Å². The predicted molar refractivity (Wildman–Crippen MR) is 110 cm³/mol. The summed E-state index contributed by atoms with van der Waals surface area (Å²) in [4.78, 5) is 4.27. The minimum atomic E-state index is 0.668. The molecule has 0 aliphatic heterocycles. The Balaban J connectivity index is 1.89. The van der Waals surface area contributed by atoms with Gasteiger partial charge in [0.25, 0.3) is 0 Å². The maximum atomic E-state index is 5.69. The number of methoxy groups -OCH3 is 2. The number of nitrogens with zero attached hydrogens (tertiary/aromatic N) is 1. The van der Waals surface area contributed by atoms with Gasteiger partial charge in [-0.25, -0.2) is 0 Å². The lowest BCUT2D eigenvalue weighted by Crippen LogP contribution is -2.32. The Morgan fingerprint density at radius 1 is 1.04 bits per heavy atom. The summed E-state index contributed by atoms with van der Waals surface area (Å²) < 4.78 is 16.3. The van der Waals surface area contributed by atoms with E-state index in [0.717, 1.165) is 37.4 Å². The minimum Gasteiger partial charge on any atom is -0.494 e. The van der Waals surface area contributed by atoms with Crippen molar-refractivity contribution in [2.24, 2.45) is 4.99 Å². The molecular formula is C21H29N3O3. The van der Waals surface area contributed by atoms with E-state index in [1.165, 1.54) is 5.56 Å². The van der Waals surface area contributed by atoms with Crippen molar-refractivity contribution in [2.45, 2.75) is 19.8 Å². The molecule has 146 valence electrons. The van der Waals surface area contributed by atoms with Crippen LogP contribution in [-0.4, -0.2) is 40.4 Å². The summed E-state index contributed by atoms with van der Waals surface area (Å²) in [5.74, 6) is 2.97. The van der Waals surface area contributed by atoms with Crippen LogP contribution < -0.4 is 24.8 Å². The van der Waals surface area contributed by atoms with Gasteiger partial charge in [-0.2, -0.15) is 0 Å². The first kappa shape index (κ1) is 20.4. The van der Waals surface area contributed by atoms with Gasteiger partial charge in [-0.05, 0) is 42.7 Å². The van der Waals surface area contributed by atoms with E-state index in [1.54, 1.807) is 21.3 Å². The first-order chi connectivity index (χ1) is 13.2. The molecule has 2 N–H and O–H groups in total. The van der Waals surface area contributed by atoms with E-state index < -0.39 is 0 Å². The van der Waals surface area contributed by atoms with Crippen molar-refractivity contribution in [2.75, 3.05) is 39.7 Å². The highest BCUT2D eigenvalue weighted by atomic mass is 16.5. The van der Waals surface area contributed by atoms with Crippen LogP contribution in [0.5, 0.6) is 17.2 Å². The number of hydrogen-bond acceptors (Lipinski definition) is 4. The molecule has 0 saturated carbocycles. The molecule has 2 aromatic rings. The van der Waals surface area contributed by atoms with Crippen LogP contribution in [0.15, 0.2) is 47.5 Å². The van der Waals surface area contributed by atoms with Crippen LogP contribution in [0.2, 0.25) is 0 Å². The van der Waals surface area contributed by atoms with E-state index in [1.807, 2.05) is 30.3 Å². The topological polar surface area (TPSA) is 64.1 Å². The third-order valence-corrected chi connectivity index (χ3v) is 3.95.